The van der Waals surface area contributed by atoms with Crippen LogP contribution in [0.3, 0.4) is 0 Å². The zero-order valence-electron chi connectivity index (χ0n) is 13.8. The van der Waals surface area contributed by atoms with E-state index in [1.165, 1.54) is 30.3 Å². The summed E-state index contributed by atoms with van der Waals surface area (Å²) in [7, 11) is 0. The Balaban J connectivity index is 1.79. The second-order valence-electron chi connectivity index (χ2n) is 5.72. The van der Waals surface area contributed by atoms with Crippen molar-refractivity contribution < 1.29 is 18.3 Å². The summed E-state index contributed by atoms with van der Waals surface area (Å²) in [6.07, 6.45) is 1.70. The van der Waals surface area contributed by atoms with Crippen LogP contribution in [0.25, 0.3) is 11.0 Å². The number of Topliss-reactive ketones (excluding diaryl/α,β-unsaturated/α-hetero) is 1. The number of rotatable bonds is 6. The highest BCUT2D eigenvalue weighted by Gasteiger charge is 2.10. The first-order valence-corrected chi connectivity index (χ1v) is 8.05. The highest BCUT2D eigenvalue weighted by molar-refractivity contribution is 5.97. The number of aryl methyl sites for hydroxylation is 1. The lowest BCUT2D eigenvalue weighted by Crippen LogP contribution is -2.11. The van der Waals surface area contributed by atoms with E-state index in [0.29, 0.717) is 16.9 Å². The number of ether oxygens (including phenoxy) is 1. The molecule has 3 rings (SSSR count). The second-order valence-corrected chi connectivity index (χ2v) is 5.72. The summed E-state index contributed by atoms with van der Waals surface area (Å²) in [4.78, 5) is 23.7. The van der Waals surface area contributed by atoms with Crippen LogP contribution in [-0.2, 0) is 6.42 Å². The molecule has 1 heterocycles. The fraction of sp³-hybridized carbons (Fsp3) is 0.200. The molecule has 0 saturated heterocycles. The minimum Gasteiger partial charge on any atom is -0.485 e. The van der Waals surface area contributed by atoms with Gasteiger partial charge in [0.1, 0.15) is 17.1 Å². The van der Waals surface area contributed by atoms with E-state index in [1.807, 2.05) is 13.0 Å². The van der Waals surface area contributed by atoms with Gasteiger partial charge >= 0.3 is 5.63 Å². The maximum Gasteiger partial charge on any atom is 0.336 e. The Kier molecular flexibility index (Phi) is 4.93. The molecule has 0 unspecified atom stereocenters. The van der Waals surface area contributed by atoms with Crippen LogP contribution in [0.1, 0.15) is 29.3 Å². The van der Waals surface area contributed by atoms with Gasteiger partial charge in [-0.25, -0.2) is 9.18 Å². The lowest BCUT2D eigenvalue weighted by atomic mass is 10.1. The monoisotopic (exact) mass is 340 g/mol. The molecule has 0 atom stereocenters. The van der Waals surface area contributed by atoms with Crippen LogP contribution >= 0.6 is 0 Å². The van der Waals surface area contributed by atoms with E-state index in [-0.39, 0.29) is 12.4 Å². The Morgan fingerprint density at radius 3 is 2.60 bits per heavy atom. The molecule has 0 bridgehead atoms. The Morgan fingerprint density at radius 2 is 1.88 bits per heavy atom. The number of carbonyl (C=O) groups excluding carboxylic acids is 1. The molecule has 0 amide bonds. The Morgan fingerprint density at radius 1 is 1.12 bits per heavy atom. The van der Waals surface area contributed by atoms with Crippen molar-refractivity contribution in [3.05, 3.63) is 75.9 Å². The molecule has 5 heteroatoms. The molecule has 0 radical (unpaired) electrons. The molecule has 25 heavy (non-hydrogen) atoms. The number of halogens is 1. The molecule has 0 spiro atoms. The number of hydrogen-bond donors (Lipinski definition) is 0. The first-order valence-electron chi connectivity index (χ1n) is 8.05. The van der Waals surface area contributed by atoms with Crippen molar-refractivity contribution in [3.8, 4) is 5.75 Å². The van der Waals surface area contributed by atoms with Gasteiger partial charge in [0.15, 0.2) is 12.4 Å². The zero-order valence-corrected chi connectivity index (χ0v) is 13.8. The van der Waals surface area contributed by atoms with Gasteiger partial charge in [-0.3, -0.25) is 4.79 Å². The normalized spacial score (nSPS) is 10.8. The first-order chi connectivity index (χ1) is 12.1. The van der Waals surface area contributed by atoms with Crippen LogP contribution < -0.4 is 10.4 Å². The predicted octanol–water partition coefficient (Wildman–Crippen LogP) is 4.15. The van der Waals surface area contributed by atoms with Crippen LogP contribution in [0.4, 0.5) is 4.39 Å². The summed E-state index contributed by atoms with van der Waals surface area (Å²) in [5, 5.41) is 0.860. The number of hydrogen-bond acceptors (Lipinski definition) is 4. The molecule has 0 N–H and O–H groups in total. The van der Waals surface area contributed by atoms with Gasteiger partial charge in [0.25, 0.3) is 0 Å². The molecule has 0 aliphatic heterocycles. The van der Waals surface area contributed by atoms with Gasteiger partial charge in [-0.05, 0) is 48.4 Å². The van der Waals surface area contributed by atoms with Crippen LogP contribution in [0.5, 0.6) is 5.75 Å². The van der Waals surface area contributed by atoms with Gasteiger partial charge in [-0.1, -0.05) is 13.3 Å². The second kappa shape index (κ2) is 7.30. The number of ketones is 1. The fourth-order valence-electron chi connectivity index (χ4n) is 2.64. The predicted molar refractivity (Wildman–Crippen MR) is 92.7 cm³/mol. The minimum atomic E-state index is -0.407. The number of fused-ring (bicyclic) bond motifs is 1. The number of carbonyl (C=O) groups is 1. The van der Waals surface area contributed by atoms with Gasteiger partial charge in [0, 0.05) is 23.1 Å². The third-order valence-electron chi connectivity index (χ3n) is 3.86. The maximum absolute atomic E-state index is 12.9. The molecule has 0 fully saturated rings. The van der Waals surface area contributed by atoms with Crippen molar-refractivity contribution >= 4 is 16.8 Å². The minimum absolute atomic E-state index is 0.185. The van der Waals surface area contributed by atoms with E-state index in [2.05, 4.69) is 0 Å². The van der Waals surface area contributed by atoms with Gasteiger partial charge < -0.3 is 9.15 Å². The molecule has 128 valence electrons. The van der Waals surface area contributed by atoms with E-state index in [0.717, 1.165) is 23.8 Å². The smallest absolute Gasteiger partial charge is 0.336 e. The van der Waals surface area contributed by atoms with Crippen LogP contribution in [-0.4, -0.2) is 12.4 Å². The maximum atomic E-state index is 12.9. The molecule has 4 nitrogen and oxygen atoms in total. The topological polar surface area (TPSA) is 56.5 Å². The van der Waals surface area contributed by atoms with Gasteiger partial charge in [0.2, 0.25) is 0 Å². The Bertz CT molecular complexity index is 958. The van der Waals surface area contributed by atoms with E-state index in [4.69, 9.17) is 9.15 Å². The quantitative estimate of drug-likeness (QED) is 0.500. The molecule has 0 saturated carbocycles. The van der Waals surface area contributed by atoms with E-state index >= 15 is 0 Å². The lowest BCUT2D eigenvalue weighted by Gasteiger charge is -2.08. The highest BCUT2D eigenvalue weighted by atomic mass is 19.1. The van der Waals surface area contributed by atoms with Gasteiger partial charge in [-0.2, -0.15) is 0 Å². The molecule has 0 aliphatic rings. The summed E-state index contributed by atoms with van der Waals surface area (Å²) < 4.78 is 23.6. The van der Waals surface area contributed by atoms with Crippen LogP contribution in [0.2, 0.25) is 0 Å². The average Bonchev–Trinajstić information content (AvgIpc) is 2.60. The van der Waals surface area contributed by atoms with Crippen molar-refractivity contribution in [1.82, 2.24) is 0 Å². The molecule has 0 aliphatic carbocycles. The third kappa shape index (κ3) is 3.94. The summed E-state index contributed by atoms with van der Waals surface area (Å²) in [6.45, 7) is 1.86. The van der Waals surface area contributed by atoms with Crippen molar-refractivity contribution in [2.75, 3.05) is 6.61 Å². The van der Waals surface area contributed by atoms with Crippen molar-refractivity contribution in [2.24, 2.45) is 0 Å². The van der Waals surface area contributed by atoms with Crippen LogP contribution in [0.15, 0.2) is 57.7 Å². The molecular formula is C20H17FO4. The van der Waals surface area contributed by atoms with Gasteiger partial charge in [-0.15, -0.1) is 0 Å². The zero-order chi connectivity index (χ0) is 17.8. The number of benzene rings is 2. The molecular weight excluding hydrogens is 323 g/mol. The van der Waals surface area contributed by atoms with E-state index in [9.17, 15) is 14.0 Å². The standard InChI is InChI=1S/C20H17FO4/c1-2-3-14-10-20(23)25-19-11-16(8-9-17(14)19)24-12-18(22)13-4-6-15(21)7-5-13/h4-11H,2-3,12H2,1H3. The van der Waals surface area contributed by atoms with Crippen molar-refractivity contribution in [1.29, 1.82) is 0 Å². The molecule has 1 aromatic heterocycles. The first kappa shape index (κ1) is 16.9. The highest BCUT2D eigenvalue weighted by Crippen LogP contribution is 2.23. The SMILES string of the molecule is CCCc1cc(=O)oc2cc(OCC(=O)c3ccc(F)cc3)ccc12. The molecule has 3 aromatic rings. The average molecular weight is 340 g/mol. The Hall–Kier alpha value is -2.95. The summed E-state index contributed by atoms with van der Waals surface area (Å²) in [5.74, 6) is -0.231. The van der Waals surface area contributed by atoms with Crippen LogP contribution in [0, 0.1) is 5.82 Å². The fourth-order valence-corrected chi connectivity index (χ4v) is 2.64. The van der Waals surface area contributed by atoms with Gasteiger partial charge in [0.05, 0.1) is 0 Å². The Labute approximate surface area is 143 Å². The lowest BCUT2D eigenvalue weighted by molar-refractivity contribution is 0.0921. The summed E-state index contributed by atoms with van der Waals surface area (Å²) >= 11 is 0. The third-order valence-corrected chi connectivity index (χ3v) is 3.86. The van der Waals surface area contributed by atoms with Crippen molar-refractivity contribution in [3.63, 3.8) is 0 Å². The van der Waals surface area contributed by atoms with E-state index < -0.39 is 11.4 Å². The van der Waals surface area contributed by atoms with Crippen molar-refractivity contribution in [2.45, 2.75) is 19.8 Å². The summed E-state index contributed by atoms with van der Waals surface area (Å²) in [5.41, 5.74) is 1.33. The largest absolute Gasteiger partial charge is 0.485 e. The van der Waals surface area contributed by atoms with E-state index in [1.54, 1.807) is 12.1 Å². The molecule has 2 aromatic carbocycles. The summed E-state index contributed by atoms with van der Waals surface area (Å²) in [6, 6.07) is 12.0.